The molecule has 0 radical (unpaired) electrons. The van der Waals surface area contributed by atoms with Gasteiger partial charge in [0.25, 0.3) is 0 Å². The molecule has 24 heavy (non-hydrogen) atoms. The van der Waals surface area contributed by atoms with Crippen LogP contribution < -0.4 is 4.74 Å². The monoisotopic (exact) mass is 324 g/mol. The van der Waals surface area contributed by atoms with Gasteiger partial charge in [0.15, 0.2) is 0 Å². The van der Waals surface area contributed by atoms with Crippen LogP contribution in [-0.4, -0.2) is 34.6 Å². The smallest absolute Gasteiger partial charge is 0.226 e. The van der Waals surface area contributed by atoms with Gasteiger partial charge in [-0.25, -0.2) is 0 Å². The fourth-order valence-corrected chi connectivity index (χ4v) is 3.83. The van der Waals surface area contributed by atoms with Crippen molar-refractivity contribution in [2.75, 3.05) is 13.1 Å². The minimum atomic E-state index is 0.181. The quantitative estimate of drug-likeness (QED) is 0.810. The van der Waals surface area contributed by atoms with E-state index in [-0.39, 0.29) is 12.0 Å². The molecule has 4 nitrogen and oxygen atoms in total. The number of hydrogen-bond donors (Lipinski definition) is 0. The van der Waals surface area contributed by atoms with Crippen LogP contribution in [0.2, 0.25) is 0 Å². The fourth-order valence-electron chi connectivity index (χ4n) is 3.83. The van der Waals surface area contributed by atoms with Crippen molar-refractivity contribution in [1.29, 1.82) is 0 Å². The van der Waals surface area contributed by atoms with Crippen molar-refractivity contribution in [2.45, 2.75) is 31.8 Å². The normalized spacial score (nSPS) is 19.3. The maximum absolute atomic E-state index is 12.5. The summed E-state index contributed by atoms with van der Waals surface area (Å²) >= 11 is 0. The SMILES string of the molecule is Cn1ccc2c(OC3CCN(C(=O)C4CC=CC4)CC3)cccc21. The van der Waals surface area contributed by atoms with Gasteiger partial charge >= 0.3 is 0 Å². The van der Waals surface area contributed by atoms with Crippen molar-refractivity contribution in [2.24, 2.45) is 13.0 Å². The first-order valence-corrected chi connectivity index (χ1v) is 8.87. The molecule has 0 bridgehead atoms. The topological polar surface area (TPSA) is 34.5 Å². The van der Waals surface area contributed by atoms with Crippen molar-refractivity contribution in [3.05, 3.63) is 42.6 Å². The molecule has 0 spiro atoms. The van der Waals surface area contributed by atoms with Crippen molar-refractivity contribution >= 4 is 16.8 Å². The van der Waals surface area contributed by atoms with Crippen LogP contribution in [0.5, 0.6) is 5.75 Å². The van der Waals surface area contributed by atoms with E-state index < -0.39 is 0 Å². The van der Waals surface area contributed by atoms with E-state index in [0.717, 1.165) is 49.9 Å². The number of allylic oxidation sites excluding steroid dienone is 2. The third kappa shape index (κ3) is 2.81. The molecular formula is C20H24N2O2. The Morgan fingerprint density at radius 2 is 1.88 bits per heavy atom. The Bertz CT molecular complexity index is 761. The summed E-state index contributed by atoms with van der Waals surface area (Å²) in [7, 11) is 2.05. The fraction of sp³-hybridized carbons (Fsp3) is 0.450. The summed E-state index contributed by atoms with van der Waals surface area (Å²) in [5.41, 5.74) is 1.19. The van der Waals surface area contributed by atoms with Gasteiger partial charge in [-0.05, 0) is 31.0 Å². The largest absolute Gasteiger partial charge is 0.490 e. The predicted molar refractivity (Wildman–Crippen MR) is 95.0 cm³/mol. The van der Waals surface area contributed by atoms with E-state index in [1.165, 1.54) is 5.52 Å². The second-order valence-electron chi connectivity index (χ2n) is 6.90. The molecular weight excluding hydrogens is 300 g/mol. The molecule has 126 valence electrons. The molecule has 2 aromatic rings. The average molecular weight is 324 g/mol. The molecule has 0 atom stereocenters. The van der Waals surface area contributed by atoms with Crippen LogP contribution >= 0.6 is 0 Å². The first-order chi connectivity index (χ1) is 11.7. The number of carbonyl (C=O) groups is 1. The Hall–Kier alpha value is -2.23. The standard InChI is InChI=1S/C20H24N2O2/c1-21-12-11-17-18(21)7-4-8-19(17)24-16-9-13-22(14-10-16)20(23)15-5-2-3-6-15/h2-4,7-8,11-12,15-16H,5-6,9-10,13-14H2,1H3. The molecule has 1 amide bonds. The van der Waals surface area contributed by atoms with Crippen molar-refractivity contribution in [1.82, 2.24) is 9.47 Å². The minimum Gasteiger partial charge on any atom is -0.490 e. The van der Waals surface area contributed by atoms with Gasteiger partial charge in [0.1, 0.15) is 11.9 Å². The summed E-state index contributed by atoms with van der Waals surface area (Å²) in [4.78, 5) is 14.5. The lowest BCUT2D eigenvalue weighted by Crippen LogP contribution is -2.44. The maximum Gasteiger partial charge on any atom is 0.226 e. The van der Waals surface area contributed by atoms with Crippen LogP contribution in [0.1, 0.15) is 25.7 Å². The predicted octanol–water partition coefficient (Wildman–Crippen LogP) is 3.51. The zero-order valence-corrected chi connectivity index (χ0v) is 14.1. The lowest BCUT2D eigenvalue weighted by Gasteiger charge is -2.33. The van der Waals surface area contributed by atoms with Crippen molar-refractivity contribution < 1.29 is 9.53 Å². The number of amides is 1. The zero-order valence-electron chi connectivity index (χ0n) is 14.1. The Balaban J connectivity index is 1.38. The Labute approximate surface area is 142 Å². The van der Waals surface area contributed by atoms with E-state index in [1.807, 2.05) is 24.1 Å². The Kier molecular flexibility index (Phi) is 4.05. The van der Waals surface area contributed by atoms with Crippen LogP contribution in [0.15, 0.2) is 42.6 Å². The molecule has 4 rings (SSSR count). The second-order valence-corrected chi connectivity index (χ2v) is 6.90. The van der Waals surface area contributed by atoms with Gasteiger partial charge in [0, 0.05) is 50.5 Å². The number of hydrogen-bond acceptors (Lipinski definition) is 2. The number of nitrogens with zero attached hydrogens (tertiary/aromatic N) is 2. The molecule has 0 unspecified atom stereocenters. The molecule has 0 N–H and O–H groups in total. The highest BCUT2D eigenvalue weighted by Crippen LogP contribution is 2.29. The number of aromatic nitrogens is 1. The molecule has 0 saturated carbocycles. The Morgan fingerprint density at radius 1 is 1.12 bits per heavy atom. The number of aryl methyl sites for hydroxylation is 1. The van der Waals surface area contributed by atoms with Crippen molar-refractivity contribution in [3.8, 4) is 5.75 Å². The third-order valence-corrected chi connectivity index (χ3v) is 5.29. The van der Waals surface area contributed by atoms with Gasteiger partial charge in [-0.2, -0.15) is 0 Å². The van der Waals surface area contributed by atoms with Crippen LogP contribution in [0.25, 0.3) is 10.9 Å². The summed E-state index contributed by atoms with van der Waals surface area (Å²) in [6.45, 7) is 1.62. The van der Waals surface area contributed by atoms with Gasteiger partial charge in [0.05, 0.1) is 5.52 Å². The lowest BCUT2D eigenvalue weighted by atomic mass is 10.0. The molecule has 2 aliphatic rings. The molecule has 1 fully saturated rings. The second kappa shape index (κ2) is 6.34. The average Bonchev–Trinajstić information content (AvgIpc) is 3.26. The lowest BCUT2D eigenvalue weighted by molar-refractivity contribution is -0.137. The number of rotatable bonds is 3. The zero-order chi connectivity index (χ0) is 16.5. The van der Waals surface area contributed by atoms with E-state index in [2.05, 4.69) is 35.0 Å². The highest BCUT2D eigenvalue weighted by Gasteiger charge is 2.29. The van der Waals surface area contributed by atoms with Gasteiger partial charge in [-0.3, -0.25) is 4.79 Å². The number of piperidine rings is 1. The van der Waals surface area contributed by atoms with Gasteiger partial charge in [-0.15, -0.1) is 0 Å². The summed E-state index contributed by atoms with van der Waals surface area (Å²) in [6.07, 6.45) is 10.1. The third-order valence-electron chi connectivity index (χ3n) is 5.29. The number of carbonyl (C=O) groups excluding carboxylic acids is 1. The molecule has 2 heterocycles. The maximum atomic E-state index is 12.5. The summed E-state index contributed by atoms with van der Waals surface area (Å²) in [5.74, 6) is 1.46. The first kappa shape index (κ1) is 15.3. The van der Waals surface area contributed by atoms with Gasteiger partial charge < -0.3 is 14.2 Å². The number of ether oxygens (including phenoxy) is 1. The molecule has 4 heteroatoms. The summed E-state index contributed by atoms with van der Waals surface area (Å²) in [5, 5.41) is 1.16. The molecule has 1 aliphatic carbocycles. The van der Waals surface area contributed by atoms with Crippen molar-refractivity contribution in [3.63, 3.8) is 0 Å². The number of likely N-dealkylation sites (tertiary alicyclic amines) is 1. The van der Waals surface area contributed by atoms with Crippen LogP contribution in [0, 0.1) is 5.92 Å². The molecule has 1 aliphatic heterocycles. The highest BCUT2D eigenvalue weighted by atomic mass is 16.5. The van der Waals surface area contributed by atoms with Gasteiger partial charge in [-0.1, -0.05) is 18.2 Å². The van der Waals surface area contributed by atoms with Crippen LogP contribution in [0.3, 0.4) is 0 Å². The van der Waals surface area contributed by atoms with Crippen LogP contribution in [-0.2, 0) is 11.8 Å². The molecule has 1 aromatic carbocycles. The molecule has 1 aromatic heterocycles. The van der Waals surface area contributed by atoms with Crippen LogP contribution in [0.4, 0.5) is 0 Å². The first-order valence-electron chi connectivity index (χ1n) is 8.87. The highest BCUT2D eigenvalue weighted by molar-refractivity contribution is 5.86. The molecule has 1 saturated heterocycles. The van der Waals surface area contributed by atoms with E-state index in [1.54, 1.807) is 0 Å². The minimum absolute atomic E-state index is 0.181. The van der Waals surface area contributed by atoms with E-state index >= 15 is 0 Å². The Morgan fingerprint density at radius 3 is 2.62 bits per heavy atom. The summed E-state index contributed by atoms with van der Waals surface area (Å²) in [6, 6.07) is 8.31. The van der Waals surface area contributed by atoms with E-state index in [9.17, 15) is 4.79 Å². The van der Waals surface area contributed by atoms with Gasteiger partial charge in [0.2, 0.25) is 5.91 Å². The number of benzene rings is 1. The number of fused-ring (bicyclic) bond motifs is 1. The van der Waals surface area contributed by atoms with E-state index in [0.29, 0.717) is 5.91 Å². The summed E-state index contributed by atoms with van der Waals surface area (Å²) < 4.78 is 8.38. The van der Waals surface area contributed by atoms with E-state index in [4.69, 9.17) is 4.74 Å².